The monoisotopic (exact) mass is 300 g/mol. The minimum absolute atomic E-state index is 0.150. The van der Waals surface area contributed by atoms with Crippen LogP contribution in [0.3, 0.4) is 0 Å². The zero-order chi connectivity index (χ0) is 16.1. The summed E-state index contributed by atoms with van der Waals surface area (Å²) in [7, 11) is 0. The summed E-state index contributed by atoms with van der Waals surface area (Å²) in [6, 6.07) is 9.05. The minimum atomic E-state index is -0.356. The summed E-state index contributed by atoms with van der Waals surface area (Å²) >= 11 is 0. The fraction of sp³-hybridized carbons (Fsp3) is 0.353. The van der Waals surface area contributed by atoms with Crippen molar-refractivity contribution >= 4 is 5.78 Å². The maximum Gasteiger partial charge on any atom is 0.277 e. The summed E-state index contributed by atoms with van der Waals surface area (Å²) in [6.45, 7) is 6.25. The molecular formula is C17H20N2O3. The smallest absolute Gasteiger partial charge is 0.277 e. The largest absolute Gasteiger partial charge is 0.493 e. The van der Waals surface area contributed by atoms with Crippen LogP contribution in [0.1, 0.15) is 37.6 Å². The maximum absolute atomic E-state index is 12.1. The lowest BCUT2D eigenvalue weighted by Crippen LogP contribution is -2.27. The molecule has 1 aromatic carbocycles. The molecule has 5 heteroatoms. The van der Waals surface area contributed by atoms with Gasteiger partial charge in [-0.1, -0.05) is 19.1 Å². The Morgan fingerprint density at radius 1 is 1.27 bits per heavy atom. The van der Waals surface area contributed by atoms with Crippen molar-refractivity contribution in [2.75, 3.05) is 6.61 Å². The van der Waals surface area contributed by atoms with Gasteiger partial charge in [0.15, 0.2) is 5.78 Å². The van der Waals surface area contributed by atoms with Gasteiger partial charge in [-0.2, -0.15) is 5.10 Å². The van der Waals surface area contributed by atoms with Crippen LogP contribution in [-0.2, 0) is 6.54 Å². The van der Waals surface area contributed by atoms with E-state index >= 15 is 0 Å². The first kappa shape index (κ1) is 15.9. The molecule has 5 nitrogen and oxygen atoms in total. The van der Waals surface area contributed by atoms with Crippen molar-refractivity contribution in [3.05, 3.63) is 46.2 Å². The van der Waals surface area contributed by atoms with E-state index in [0.717, 1.165) is 12.0 Å². The van der Waals surface area contributed by atoms with E-state index in [1.807, 2.05) is 38.1 Å². The van der Waals surface area contributed by atoms with Gasteiger partial charge in [-0.15, -0.1) is 0 Å². The Balaban J connectivity index is 2.60. The number of ketones is 1. The lowest BCUT2D eigenvalue weighted by atomic mass is 10.1. The second kappa shape index (κ2) is 7.02. The normalized spacial score (nSPS) is 10.5. The molecule has 0 fully saturated rings. The predicted octanol–water partition coefficient (Wildman–Crippen LogP) is 2.92. The summed E-state index contributed by atoms with van der Waals surface area (Å²) in [4.78, 5) is 23.8. The van der Waals surface area contributed by atoms with Gasteiger partial charge in [-0.25, -0.2) is 4.68 Å². The van der Waals surface area contributed by atoms with E-state index in [9.17, 15) is 9.59 Å². The predicted molar refractivity (Wildman–Crippen MR) is 85.4 cm³/mol. The number of ether oxygens (including phenoxy) is 1. The molecule has 116 valence electrons. The Morgan fingerprint density at radius 2 is 2.00 bits per heavy atom. The first-order valence-electron chi connectivity index (χ1n) is 7.43. The number of Topliss-reactive ketones (excluding diaryl/α,β-unsaturated/α-hetero) is 1. The molecule has 2 aromatic rings. The van der Waals surface area contributed by atoms with E-state index in [2.05, 4.69) is 5.10 Å². The summed E-state index contributed by atoms with van der Waals surface area (Å²) in [5.41, 5.74) is 1.14. The van der Waals surface area contributed by atoms with Crippen molar-refractivity contribution in [1.82, 2.24) is 9.78 Å². The van der Waals surface area contributed by atoms with Crippen molar-refractivity contribution in [2.45, 2.75) is 33.7 Å². The number of para-hydroxylation sites is 1. The summed E-state index contributed by atoms with van der Waals surface area (Å²) in [5.74, 6) is 0.440. The van der Waals surface area contributed by atoms with Gasteiger partial charge in [0, 0.05) is 12.1 Å². The summed E-state index contributed by atoms with van der Waals surface area (Å²) < 4.78 is 7.04. The zero-order valence-electron chi connectivity index (χ0n) is 13.1. The molecule has 2 rings (SSSR count). The van der Waals surface area contributed by atoms with Crippen LogP contribution < -0.4 is 10.3 Å². The molecule has 0 bridgehead atoms. The molecule has 0 saturated carbocycles. The Bertz CT molecular complexity index is 735. The first-order valence-corrected chi connectivity index (χ1v) is 7.43. The van der Waals surface area contributed by atoms with Gasteiger partial charge in [-0.3, -0.25) is 9.59 Å². The molecule has 0 N–H and O–H groups in total. The number of benzene rings is 1. The zero-order valence-corrected chi connectivity index (χ0v) is 13.1. The molecule has 0 amide bonds. The highest BCUT2D eigenvalue weighted by molar-refractivity contribution is 5.94. The van der Waals surface area contributed by atoms with Crippen LogP contribution in [0.15, 0.2) is 35.1 Å². The number of rotatable bonds is 6. The quantitative estimate of drug-likeness (QED) is 0.770. The maximum atomic E-state index is 12.1. The average Bonchev–Trinajstić information content (AvgIpc) is 2.53. The van der Waals surface area contributed by atoms with E-state index in [1.54, 1.807) is 6.07 Å². The van der Waals surface area contributed by atoms with E-state index in [-0.39, 0.29) is 16.9 Å². The number of hydrogen-bond acceptors (Lipinski definition) is 4. The number of aromatic nitrogens is 2. The van der Waals surface area contributed by atoms with E-state index in [0.29, 0.717) is 24.6 Å². The number of aryl methyl sites for hydroxylation is 1. The van der Waals surface area contributed by atoms with E-state index < -0.39 is 0 Å². The van der Waals surface area contributed by atoms with Crippen molar-refractivity contribution in [3.63, 3.8) is 0 Å². The van der Waals surface area contributed by atoms with Crippen molar-refractivity contribution in [1.29, 1.82) is 0 Å². The topological polar surface area (TPSA) is 61.2 Å². The van der Waals surface area contributed by atoms with Crippen molar-refractivity contribution < 1.29 is 9.53 Å². The Hall–Kier alpha value is -2.43. The molecule has 0 unspecified atom stereocenters. The van der Waals surface area contributed by atoms with Crippen molar-refractivity contribution in [2.24, 2.45) is 0 Å². The molecule has 1 heterocycles. The van der Waals surface area contributed by atoms with Gasteiger partial charge in [0.2, 0.25) is 0 Å². The van der Waals surface area contributed by atoms with Gasteiger partial charge in [0.1, 0.15) is 5.75 Å². The van der Waals surface area contributed by atoms with Crippen LogP contribution >= 0.6 is 0 Å². The second-order valence-electron chi connectivity index (χ2n) is 4.96. The summed E-state index contributed by atoms with van der Waals surface area (Å²) in [5, 5.41) is 4.34. The van der Waals surface area contributed by atoms with Gasteiger partial charge < -0.3 is 4.74 Å². The van der Waals surface area contributed by atoms with Gasteiger partial charge in [0.25, 0.3) is 5.56 Å². The van der Waals surface area contributed by atoms with Crippen LogP contribution in [0.5, 0.6) is 5.75 Å². The lowest BCUT2D eigenvalue weighted by Gasteiger charge is -2.12. The van der Waals surface area contributed by atoms with Crippen LogP contribution in [-0.4, -0.2) is 22.2 Å². The third-order valence-electron chi connectivity index (χ3n) is 3.28. The third-order valence-corrected chi connectivity index (χ3v) is 3.28. The Labute approximate surface area is 129 Å². The SMILES string of the molecule is CCCOc1ccccc1-c1cc(C(C)=O)c(=O)n(CC)n1. The molecule has 0 aliphatic heterocycles. The number of hydrogen-bond donors (Lipinski definition) is 0. The van der Waals surface area contributed by atoms with E-state index in [4.69, 9.17) is 4.74 Å². The minimum Gasteiger partial charge on any atom is -0.493 e. The molecule has 0 aliphatic carbocycles. The van der Waals surface area contributed by atoms with Crippen LogP contribution in [0.4, 0.5) is 0 Å². The summed E-state index contributed by atoms with van der Waals surface area (Å²) in [6.07, 6.45) is 0.898. The molecule has 0 spiro atoms. The first-order chi connectivity index (χ1) is 10.6. The Kier molecular flexibility index (Phi) is 5.09. The standard InChI is InChI=1S/C17H20N2O3/c1-4-10-22-16-9-7-6-8-13(16)15-11-14(12(3)20)17(21)19(5-2)18-15/h6-9,11H,4-5,10H2,1-3H3. The molecule has 0 radical (unpaired) electrons. The fourth-order valence-corrected chi connectivity index (χ4v) is 2.16. The molecule has 0 atom stereocenters. The molecule has 1 aromatic heterocycles. The number of carbonyl (C=O) groups is 1. The highest BCUT2D eigenvalue weighted by atomic mass is 16.5. The van der Waals surface area contributed by atoms with E-state index in [1.165, 1.54) is 11.6 Å². The van der Waals surface area contributed by atoms with Gasteiger partial charge in [-0.05, 0) is 38.5 Å². The van der Waals surface area contributed by atoms with Crippen LogP contribution in [0.25, 0.3) is 11.3 Å². The van der Waals surface area contributed by atoms with Crippen molar-refractivity contribution in [3.8, 4) is 17.0 Å². The molecule has 0 saturated heterocycles. The number of nitrogens with zero attached hydrogens (tertiary/aromatic N) is 2. The third kappa shape index (κ3) is 3.24. The fourth-order valence-electron chi connectivity index (χ4n) is 2.16. The molecule has 0 aliphatic rings. The van der Waals surface area contributed by atoms with Gasteiger partial charge in [0.05, 0.1) is 17.9 Å². The van der Waals surface area contributed by atoms with Crippen LogP contribution in [0, 0.1) is 0 Å². The highest BCUT2D eigenvalue weighted by Crippen LogP contribution is 2.28. The average molecular weight is 300 g/mol. The lowest BCUT2D eigenvalue weighted by molar-refractivity contribution is 0.101. The number of carbonyl (C=O) groups excluding carboxylic acids is 1. The second-order valence-corrected chi connectivity index (χ2v) is 4.96. The van der Waals surface area contributed by atoms with Crippen LogP contribution in [0.2, 0.25) is 0 Å². The van der Waals surface area contributed by atoms with Gasteiger partial charge >= 0.3 is 0 Å². The molecular weight excluding hydrogens is 280 g/mol. The Morgan fingerprint density at radius 3 is 2.64 bits per heavy atom. The highest BCUT2D eigenvalue weighted by Gasteiger charge is 2.15. The molecule has 22 heavy (non-hydrogen) atoms.